The van der Waals surface area contributed by atoms with Crippen LogP contribution in [0.25, 0.3) is 0 Å². The van der Waals surface area contributed by atoms with Gasteiger partial charge in [-0.3, -0.25) is 4.90 Å². The molecule has 0 saturated carbocycles. The van der Waals surface area contributed by atoms with Crippen LogP contribution in [0.3, 0.4) is 0 Å². The van der Waals surface area contributed by atoms with Gasteiger partial charge < -0.3 is 14.3 Å². The van der Waals surface area contributed by atoms with Crippen LogP contribution in [-0.4, -0.2) is 48.8 Å². The number of aliphatic hydroxyl groups excluding tert-OH is 1. The highest BCUT2D eigenvalue weighted by molar-refractivity contribution is 6.99. The number of likely N-dealkylation sites (tertiary alicyclic amines) is 1. The van der Waals surface area contributed by atoms with Crippen molar-refractivity contribution < 1.29 is 19.1 Å². The summed E-state index contributed by atoms with van der Waals surface area (Å²) in [6.07, 6.45) is -0.747. The quantitative estimate of drug-likeness (QED) is 0.416. The summed E-state index contributed by atoms with van der Waals surface area (Å²) in [5, 5.41) is 13.5. The second kappa shape index (κ2) is 11.0. The predicted octanol–water partition coefficient (Wildman–Crippen LogP) is 5.67. The van der Waals surface area contributed by atoms with E-state index in [1.165, 1.54) is 0 Å². The number of benzene rings is 3. The van der Waals surface area contributed by atoms with Crippen LogP contribution in [0, 0.1) is 0 Å². The summed E-state index contributed by atoms with van der Waals surface area (Å²) >= 11 is 0. The summed E-state index contributed by atoms with van der Waals surface area (Å²) in [7, 11) is -2.85. The minimum atomic E-state index is -2.85. The number of rotatable bonds is 6. The number of carbonyl (C=O) groups is 1. The van der Waals surface area contributed by atoms with E-state index in [4.69, 9.17) is 9.16 Å². The lowest BCUT2D eigenvalue weighted by molar-refractivity contribution is 0.000744. The molecule has 1 saturated heterocycles. The van der Waals surface area contributed by atoms with Crippen molar-refractivity contribution in [3.63, 3.8) is 0 Å². The molecule has 3 atom stereocenters. The van der Waals surface area contributed by atoms with Crippen LogP contribution < -0.4 is 10.4 Å². The molecule has 1 N–H and O–H groups in total. The number of carbonyl (C=O) groups excluding carboxylic acids is 1. The van der Waals surface area contributed by atoms with Gasteiger partial charge in [0.25, 0.3) is 8.32 Å². The van der Waals surface area contributed by atoms with Crippen LogP contribution in [0.5, 0.6) is 0 Å². The first-order valence-electron chi connectivity index (χ1n) is 13.4. The van der Waals surface area contributed by atoms with Gasteiger partial charge in [0.05, 0.1) is 24.8 Å². The maximum Gasteiger partial charge on any atom is 0.411 e. The van der Waals surface area contributed by atoms with Crippen LogP contribution in [0.15, 0.2) is 91.0 Å². The Hall–Kier alpha value is -2.93. The van der Waals surface area contributed by atoms with Crippen LogP contribution in [0.4, 0.5) is 4.79 Å². The number of aliphatic hydroxyl groups is 1. The van der Waals surface area contributed by atoms with Crippen LogP contribution in [0.1, 0.15) is 59.6 Å². The van der Waals surface area contributed by atoms with Crippen molar-refractivity contribution in [1.29, 1.82) is 0 Å². The molecule has 0 spiro atoms. The Bertz CT molecular complexity index is 1150. The molecular weight excluding hydrogens is 490 g/mol. The van der Waals surface area contributed by atoms with Crippen molar-refractivity contribution in [3.8, 4) is 0 Å². The van der Waals surface area contributed by atoms with Crippen molar-refractivity contribution in [2.24, 2.45) is 0 Å². The topological polar surface area (TPSA) is 59.0 Å². The van der Waals surface area contributed by atoms with Gasteiger partial charge in [-0.2, -0.15) is 0 Å². The molecule has 1 fully saturated rings. The largest absolute Gasteiger partial charge is 0.444 e. The zero-order valence-electron chi connectivity index (χ0n) is 23.4. The van der Waals surface area contributed by atoms with Crippen molar-refractivity contribution in [2.45, 2.75) is 76.8 Å². The highest BCUT2D eigenvalue weighted by Crippen LogP contribution is 2.41. The van der Waals surface area contributed by atoms with Crippen molar-refractivity contribution in [2.75, 3.05) is 6.61 Å². The first kappa shape index (κ1) is 28.1. The van der Waals surface area contributed by atoms with Gasteiger partial charge in [-0.1, -0.05) is 112 Å². The van der Waals surface area contributed by atoms with E-state index in [2.05, 4.69) is 69.3 Å². The third-order valence-electron chi connectivity index (χ3n) is 7.28. The number of hydrogen-bond acceptors (Lipinski definition) is 4. The second-order valence-electron chi connectivity index (χ2n) is 12.2. The van der Waals surface area contributed by atoms with Gasteiger partial charge in [-0.25, -0.2) is 4.79 Å². The van der Waals surface area contributed by atoms with Gasteiger partial charge in [-0.05, 0) is 41.7 Å². The SMILES string of the molecule is CC(C)(C)OC(=O)N1C(c2ccccc2)CC(O)C1CO[Si](c1ccccc1)(c1ccccc1)C(C)(C)C. The van der Waals surface area contributed by atoms with E-state index in [0.717, 1.165) is 15.9 Å². The van der Waals surface area contributed by atoms with Crippen molar-refractivity contribution >= 4 is 24.8 Å². The molecule has 4 rings (SSSR count). The van der Waals surface area contributed by atoms with E-state index in [1.807, 2.05) is 63.2 Å². The van der Waals surface area contributed by atoms with E-state index in [0.29, 0.717) is 6.42 Å². The standard InChI is InChI=1S/C32H41NO4Si/c1-31(2,3)37-30(35)33-27(24-16-10-7-11-17-24)22-29(34)28(33)23-36-38(32(4,5)6,25-18-12-8-13-19-25)26-20-14-9-15-21-26/h7-21,27-29,34H,22-23H2,1-6H3. The summed E-state index contributed by atoms with van der Waals surface area (Å²) in [5.74, 6) is 0. The molecule has 202 valence electrons. The fraction of sp³-hybridized carbons (Fsp3) is 0.406. The van der Waals surface area contributed by atoms with Gasteiger partial charge >= 0.3 is 6.09 Å². The van der Waals surface area contributed by atoms with Gasteiger partial charge in [0.15, 0.2) is 0 Å². The zero-order valence-corrected chi connectivity index (χ0v) is 24.4. The number of nitrogens with zero attached hydrogens (tertiary/aromatic N) is 1. The van der Waals surface area contributed by atoms with Crippen molar-refractivity contribution in [3.05, 3.63) is 96.6 Å². The van der Waals surface area contributed by atoms with Crippen LogP contribution in [-0.2, 0) is 9.16 Å². The molecule has 5 nitrogen and oxygen atoms in total. The van der Waals surface area contributed by atoms with Crippen LogP contribution in [0.2, 0.25) is 5.04 Å². The minimum absolute atomic E-state index is 0.205. The van der Waals surface area contributed by atoms with E-state index in [9.17, 15) is 9.90 Å². The van der Waals surface area contributed by atoms with E-state index in [1.54, 1.807) is 4.90 Å². The molecule has 38 heavy (non-hydrogen) atoms. The molecule has 3 aromatic carbocycles. The molecule has 0 bridgehead atoms. The van der Waals surface area contributed by atoms with Gasteiger partial charge in [-0.15, -0.1) is 0 Å². The number of ether oxygens (including phenoxy) is 1. The number of hydrogen-bond donors (Lipinski definition) is 1. The lowest BCUT2D eigenvalue weighted by Gasteiger charge is -2.44. The summed E-state index contributed by atoms with van der Waals surface area (Å²) < 4.78 is 13.0. The third kappa shape index (κ3) is 5.72. The fourth-order valence-electron chi connectivity index (χ4n) is 5.63. The molecule has 1 heterocycles. The lowest BCUT2D eigenvalue weighted by Crippen LogP contribution is -2.67. The van der Waals surface area contributed by atoms with Gasteiger partial charge in [0.2, 0.25) is 0 Å². The van der Waals surface area contributed by atoms with E-state index in [-0.39, 0.29) is 17.7 Å². The smallest absolute Gasteiger partial charge is 0.411 e. The molecule has 1 aliphatic heterocycles. The average molecular weight is 532 g/mol. The Balaban J connectivity index is 1.76. The van der Waals surface area contributed by atoms with Gasteiger partial charge in [0.1, 0.15) is 5.60 Å². The average Bonchev–Trinajstić information content (AvgIpc) is 3.21. The zero-order chi connectivity index (χ0) is 27.6. The summed E-state index contributed by atoms with van der Waals surface area (Å²) in [6.45, 7) is 12.5. The monoisotopic (exact) mass is 531 g/mol. The Morgan fingerprint density at radius 2 is 1.32 bits per heavy atom. The Labute approximate surface area is 228 Å². The normalized spacial score (nSPS) is 20.4. The Morgan fingerprint density at radius 1 is 0.842 bits per heavy atom. The Kier molecular flexibility index (Phi) is 8.16. The highest BCUT2D eigenvalue weighted by atomic mass is 28.4. The molecular formula is C32H41NO4Si. The predicted molar refractivity (Wildman–Crippen MR) is 155 cm³/mol. The molecule has 6 heteroatoms. The lowest BCUT2D eigenvalue weighted by atomic mass is 10.0. The van der Waals surface area contributed by atoms with E-state index < -0.39 is 32.2 Å². The molecule has 3 aromatic rings. The summed E-state index contributed by atoms with van der Waals surface area (Å²) in [6, 6.07) is 29.9. The molecule has 0 aromatic heterocycles. The third-order valence-corrected chi connectivity index (χ3v) is 12.3. The second-order valence-corrected chi connectivity index (χ2v) is 16.5. The molecule has 0 aliphatic carbocycles. The highest BCUT2D eigenvalue weighted by Gasteiger charge is 2.52. The first-order chi connectivity index (χ1) is 17.9. The van der Waals surface area contributed by atoms with Gasteiger partial charge in [0, 0.05) is 6.42 Å². The number of amides is 1. The molecule has 1 aliphatic rings. The van der Waals surface area contributed by atoms with Crippen LogP contribution >= 0.6 is 0 Å². The summed E-state index contributed by atoms with van der Waals surface area (Å²) in [5.41, 5.74) is 0.320. The Morgan fingerprint density at radius 3 is 1.76 bits per heavy atom. The fourth-order valence-corrected chi connectivity index (χ4v) is 10.2. The molecule has 1 amide bonds. The van der Waals surface area contributed by atoms with E-state index >= 15 is 0 Å². The van der Waals surface area contributed by atoms with Crippen molar-refractivity contribution in [1.82, 2.24) is 4.90 Å². The molecule has 3 unspecified atom stereocenters. The summed E-state index contributed by atoms with van der Waals surface area (Å²) in [4.78, 5) is 15.3. The maximum atomic E-state index is 13.6. The minimum Gasteiger partial charge on any atom is -0.444 e. The maximum absolute atomic E-state index is 13.6. The first-order valence-corrected chi connectivity index (χ1v) is 15.3. The molecule has 0 radical (unpaired) electrons.